The summed E-state index contributed by atoms with van der Waals surface area (Å²) in [4.78, 5) is 8.93. The summed E-state index contributed by atoms with van der Waals surface area (Å²) in [5, 5.41) is 0.715. The lowest BCUT2D eigenvalue weighted by Gasteiger charge is -2.09. The molecular weight excluding hydrogens is 348 g/mol. The fourth-order valence-electron chi connectivity index (χ4n) is 3.00. The summed E-state index contributed by atoms with van der Waals surface area (Å²) in [5.41, 5.74) is 9.21. The molecule has 0 atom stereocenters. The van der Waals surface area contributed by atoms with Gasteiger partial charge in [-0.1, -0.05) is 18.2 Å². The Hall–Kier alpha value is -3.19. The zero-order valence-corrected chi connectivity index (χ0v) is 14.8. The van der Waals surface area contributed by atoms with Crippen LogP contribution in [0.5, 0.6) is 0 Å². The van der Waals surface area contributed by atoms with Gasteiger partial charge in [-0.25, -0.2) is 17.4 Å². The normalized spacial score (nSPS) is 11.7. The molecule has 0 amide bonds. The molecule has 0 saturated carbocycles. The van der Waals surface area contributed by atoms with E-state index in [1.807, 2.05) is 19.1 Å². The van der Waals surface area contributed by atoms with Gasteiger partial charge in [-0.05, 0) is 42.8 Å². The average molecular weight is 364 g/mol. The Kier molecular flexibility index (Phi) is 3.73. The van der Waals surface area contributed by atoms with E-state index in [9.17, 15) is 8.42 Å². The number of benzene rings is 1. The van der Waals surface area contributed by atoms with E-state index in [0.29, 0.717) is 16.7 Å². The number of fused-ring (bicyclic) bond motifs is 1. The maximum Gasteiger partial charge on any atom is 0.269 e. The maximum atomic E-state index is 13.0. The smallest absolute Gasteiger partial charge is 0.269 e. The predicted octanol–water partition coefficient (Wildman–Crippen LogP) is 3.23. The highest BCUT2D eigenvalue weighted by molar-refractivity contribution is 7.90. The van der Waals surface area contributed by atoms with Crippen molar-refractivity contribution in [3.63, 3.8) is 0 Å². The number of rotatable bonds is 3. The molecule has 26 heavy (non-hydrogen) atoms. The van der Waals surface area contributed by atoms with Crippen molar-refractivity contribution in [2.45, 2.75) is 11.8 Å². The van der Waals surface area contributed by atoms with Gasteiger partial charge in [0.1, 0.15) is 0 Å². The minimum Gasteiger partial charge on any atom is -0.397 e. The number of anilines is 1. The van der Waals surface area contributed by atoms with Crippen LogP contribution in [0.15, 0.2) is 72.0 Å². The van der Waals surface area contributed by atoms with E-state index in [-0.39, 0.29) is 4.90 Å². The predicted molar refractivity (Wildman–Crippen MR) is 101 cm³/mol. The number of nitrogen functional groups attached to an aromatic ring is 1. The molecular formula is C19H16N4O2S. The van der Waals surface area contributed by atoms with Crippen LogP contribution in [-0.2, 0) is 10.0 Å². The Morgan fingerprint density at radius 3 is 2.54 bits per heavy atom. The van der Waals surface area contributed by atoms with Crippen LogP contribution in [0, 0.1) is 6.92 Å². The van der Waals surface area contributed by atoms with Gasteiger partial charge >= 0.3 is 0 Å². The molecule has 0 spiro atoms. The first-order valence-electron chi connectivity index (χ1n) is 7.97. The summed E-state index contributed by atoms with van der Waals surface area (Å²) >= 11 is 0. The van der Waals surface area contributed by atoms with Crippen LogP contribution in [0.3, 0.4) is 0 Å². The number of hydrogen-bond acceptors (Lipinski definition) is 5. The molecule has 4 rings (SSSR count). The molecule has 130 valence electrons. The molecule has 0 radical (unpaired) electrons. The number of pyridine rings is 2. The first-order valence-corrected chi connectivity index (χ1v) is 9.41. The van der Waals surface area contributed by atoms with Gasteiger partial charge in [0.25, 0.3) is 10.0 Å². The van der Waals surface area contributed by atoms with Crippen molar-refractivity contribution >= 4 is 26.7 Å². The van der Waals surface area contributed by atoms with E-state index in [2.05, 4.69) is 9.97 Å². The molecule has 0 saturated heterocycles. The molecule has 2 N–H and O–H groups in total. The van der Waals surface area contributed by atoms with E-state index in [1.165, 1.54) is 10.2 Å². The monoisotopic (exact) mass is 364 g/mol. The molecule has 7 heteroatoms. The molecule has 3 heterocycles. The molecule has 0 aliphatic heterocycles. The topological polar surface area (TPSA) is 90.9 Å². The number of nitrogens with zero attached hydrogens (tertiary/aromatic N) is 3. The van der Waals surface area contributed by atoms with E-state index in [0.717, 1.165) is 16.8 Å². The molecule has 0 fully saturated rings. The largest absolute Gasteiger partial charge is 0.397 e. The Morgan fingerprint density at radius 2 is 1.81 bits per heavy atom. The second-order valence-corrected chi connectivity index (χ2v) is 7.77. The lowest BCUT2D eigenvalue weighted by molar-refractivity contribution is 0.589. The van der Waals surface area contributed by atoms with Crippen LogP contribution in [-0.4, -0.2) is 22.4 Å². The number of nitrogens with two attached hydrogens (primary N) is 1. The first kappa shape index (κ1) is 16.3. The van der Waals surface area contributed by atoms with Gasteiger partial charge in [-0.3, -0.25) is 4.98 Å². The molecule has 0 bridgehead atoms. The van der Waals surface area contributed by atoms with E-state index >= 15 is 0 Å². The van der Waals surface area contributed by atoms with Gasteiger partial charge < -0.3 is 5.73 Å². The molecule has 1 aromatic carbocycles. The van der Waals surface area contributed by atoms with Crippen LogP contribution < -0.4 is 5.73 Å². The van der Waals surface area contributed by atoms with Crippen molar-refractivity contribution in [2.75, 3.05) is 5.73 Å². The lowest BCUT2D eigenvalue weighted by atomic mass is 10.0. The third kappa shape index (κ3) is 2.53. The van der Waals surface area contributed by atoms with Crippen molar-refractivity contribution in [3.05, 3.63) is 72.7 Å². The van der Waals surface area contributed by atoms with Gasteiger partial charge in [0.05, 0.1) is 22.5 Å². The van der Waals surface area contributed by atoms with Crippen LogP contribution >= 0.6 is 0 Å². The van der Waals surface area contributed by atoms with E-state index in [1.54, 1.807) is 48.8 Å². The number of aromatic nitrogens is 3. The van der Waals surface area contributed by atoms with Crippen LogP contribution in [0.2, 0.25) is 0 Å². The van der Waals surface area contributed by atoms with Gasteiger partial charge in [0.2, 0.25) is 0 Å². The Balaban J connectivity index is 1.94. The number of aryl methyl sites for hydroxylation is 1. The summed E-state index contributed by atoms with van der Waals surface area (Å²) in [5.74, 6) is 0. The van der Waals surface area contributed by atoms with Crippen molar-refractivity contribution < 1.29 is 8.42 Å². The lowest BCUT2D eigenvalue weighted by Crippen LogP contribution is -2.12. The molecule has 0 unspecified atom stereocenters. The van der Waals surface area contributed by atoms with E-state index in [4.69, 9.17) is 5.73 Å². The molecule has 3 aromatic heterocycles. The van der Waals surface area contributed by atoms with E-state index < -0.39 is 10.0 Å². The van der Waals surface area contributed by atoms with Crippen LogP contribution in [0.1, 0.15) is 5.56 Å². The molecule has 4 aromatic rings. The SMILES string of the molecule is Cc1cc(N)cnc1-c1ccnc2c1ccn2S(=O)(=O)c1ccccc1. The van der Waals surface area contributed by atoms with Crippen LogP contribution in [0.25, 0.3) is 22.3 Å². The standard InChI is InChI=1S/C19H16N4O2S/c1-13-11-14(20)12-22-18(13)16-7-9-21-19-17(16)8-10-23(19)26(24,25)15-5-3-2-4-6-15/h2-12H,20H2,1H3. The third-order valence-electron chi connectivity index (χ3n) is 4.21. The van der Waals surface area contributed by atoms with Crippen molar-refractivity contribution in [2.24, 2.45) is 0 Å². The number of hydrogen-bond donors (Lipinski definition) is 1. The van der Waals surface area contributed by atoms with Crippen molar-refractivity contribution in [1.82, 2.24) is 13.9 Å². The molecule has 0 aliphatic carbocycles. The summed E-state index contributed by atoms with van der Waals surface area (Å²) in [6.45, 7) is 1.92. The zero-order chi connectivity index (χ0) is 18.3. The zero-order valence-electron chi connectivity index (χ0n) is 14.0. The highest BCUT2D eigenvalue weighted by Gasteiger charge is 2.21. The summed E-state index contributed by atoms with van der Waals surface area (Å²) < 4.78 is 27.1. The fourth-order valence-corrected chi connectivity index (χ4v) is 4.32. The second-order valence-electron chi connectivity index (χ2n) is 5.96. The average Bonchev–Trinajstić information content (AvgIpc) is 3.08. The Labute approximate surface area is 151 Å². The van der Waals surface area contributed by atoms with Gasteiger partial charge in [0, 0.05) is 23.3 Å². The first-order chi connectivity index (χ1) is 12.5. The van der Waals surface area contributed by atoms with Crippen molar-refractivity contribution in [3.8, 4) is 11.3 Å². The second kappa shape index (κ2) is 5.96. The van der Waals surface area contributed by atoms with Gasteiger partial charge in [-0.15, -0.1) is 0 Å². The third-order valence-corrected chi connectivity index (χ3v) is 5.89. The minimum atomic E-state index is -3.72. The minimum absolute atomic E-state index is 0.214. The molecule has 6 nitrogen and oxygen atoms in total. The van der Waals surface area contributed by atoms with Gasteiger partial charge in [-0.2, -0.15) is 0 Å². The van der Waals surface area contributed by atoms with Crippen molar-refractivity contribution in [1.29, 1.82) is 0 Å². The Bertz CT molecular complexity index is 1220. The fraction of sp³-hybridized carbons (Fsp3) is 0.0526. The molecule has 0 aliphatic rings. The highest BCUT2D eigenvalue weighted by Crippen LogP contribution is 2.31. The Morgan fingerprint density at radius 1 is 1.04 bits per heavy atom. The maximum absolute atomic E-state index is 13.0. The van der Waals surface area contributed by atoms with Crippen LogP contribution in [0.4, 0.5) is 5.69 Å². The summed E-state index contributed by atoms with van der Waals surface area (Å²) in [6.07, 6.45) is 4.70. The highest BCUT2D eigenvalue weighted by atomic mass is 32.2. The van der Waals surface area contributed by atoms with Gasteiger partial charge in [0.15, 0.2) is 5.65 Å². The summed E-state index contributed by atoms with van der Waals surface area (Å²) in [7, 11) is -3.72. The summed E-state index contributed by atoms with van der Waals surface area (Å²) in [6, 6.07) is 13.7. The quantitative estimate of drug-likeness (QED) is 0.603.